The number of para-hydroxylation sites is 1. The maximum atomic E-state index is 6.08. The Morgan fingerprint density at radius 1 is 1.33 bits per heavy atom. The number of nitrogens with zero attached hydrogens (tertiary/aromatic N) is 2. The van der Waals surface area contributed by atoms with Crippen molar-refractivity contribution in [1.82, 2.24) is 9.78 Å². The first-order valence-corrected chi connectivity index (χ1v) is 6.29. The van der Waals surface area contributed by atoms with Crippen molar-refractivity contribution in [2.24, 2.45) is 5.73 Å². The van der Waals surface area contributed by atoms with E-state index < -0.39 is 0 Å². The van der Waals surface area contributed by atoms with E-state index in [-0.39, 0.29) is 6.04 Å². The van der Waals surface area contributed by atoms with Crippen molar-refractivity contribution in [3.8, 4) is 11.5 Å². The Balaban J connectivity index is 2.23. The summed E-state index contributed by atoms with van der Waals surface area (Å²) < 4.78 is 7.68. The van der Waals surface area contributed by atoms with Crippen molar-refractivity contribution in [1.29, 1.82) is 0 Å². The lowest BCUT2D eigenvalue weighted by Crippen LogP contribution is -2.09. The maximum Gasteiger partial charge on any atom is 0.165 e. The highest BCUT2D eigenvalue weighted by molar-refractivity contribution is 5.38. The van der Waals surface area contributed by atoms with Crippen LogP contribution in [0.4, 0.5) is 0 Å². The van der Waals surface area contributed by atoms with E-state index in [1.54, 1.807) is 6.20 Å². The van der Waals surface area contributed by atoms with E-state index in [2.05, 4.69) is 12.0 Å². The summed E-state index contributed by atoms with van der Waals surface area (Å²) in [5.41, 5.74) is 7.11. The molecule has 0 aliphatic carbocycles. The van der Waals surface area contributed by atoms with Gasteiger partial charge in [-0.1, -0.05) is 25.1 Å². The molecule has 1 aromatic heterocycles. The number of ether oxygens (including phenoxy) is 1. The standard InChI is InChI=1S/C14H19N3O/c1-3-13(15)12-7-5-6-8-14(12)18-11-9-16-17(4-2)10-11/h5-10,13H,3-4,15H2,1-2H3/t13-/m0/s1. The molecule has 96 valence electrons. The van der Waals surface area contributed by atoms with Gasteiger partial charge in [0, 0.05) is 18.2 Å². The molecule has 4 nitrogen and oxygen atoms in total. The molecule has 4 heteroatoms. The molecule has 0 amide bonds. The molecule has 2 N–H and O–H groups in total. The second kappa shape index (κ2) is 5.69. The van der Waals surface area contributed by atoms with Gasteiger partial charge in [-0.3, -0.25) is 4.68 Å². The van der Waals surface area contributed by atoms with Crippen LogP contribution in [0.5, 0.6) is 11.5 Å². The number of nitrogens with two attached hydrogens (primary N) is 1. The van der Waals surface area contributed by atoms with Gasteiger partial charge in [0.15, 0.2) is 5.75 Å². The quantitative estimate of drug-likeness (QED) is 0.880. The molecule has 0 radical (unpaired) electrons. The van der Waals surface area contributed by atoms with Crippen molar-refractivity contribution in [3.63, 3.8) is 0 Å². The second-order valence-electron chi connectivity index (χ2n) is 4.19. The van der Waals surface area contributed by atoms with Gasteiger partial charge in [-0.25, -0.2) is 0 Å². The summed E-state index contributed by atoms with van der Waals surface area (Å²) in [6.45, 7) is 4.94. The predicted molar refractivity (Wildman–Crippen MR) is 71.6 cm³/mol. The van der Waals surface area contributed by atoms with Crippen LogP contribution in [-0.4, -0.2) is 9.78 Å². The third-order valence-electron chi connectivity index (χ3n) is 2.92. The molecule has 0 aliphatic rings. The zero-order valence-electron chi connectivity index (χ0n) is 10.8. The Morgan fingerprint density at radius 2 is 2.11 bits per heavy atom. The van der Waals surface area contributed by atoms with Crippen LogP contribution in [-0.2, 0) is 6.54 Å². The smallest absolute Gasteiger partial charge is 0.165 e. The Kier molecular flexibility index (Phi) is 3.99. The van der Waals surface area contributed by atoms with Gasteiger partial charge in [-0.05, 0) is 19.4 Å². The molecule has 0 saturated heterocycles. The van der Waals surface area contributed by atoms with Crippen LogP contribution in [0.3, 0.4) is 0 Å². The molecule has 0 fully saturated rings. The minimum atomic E-state index is 0.00224. The molecule has 0 aliphatic heterocycles. The minimum Gasteiger partial charge on any atom is -0.454 e. The Hall–Kier alpha value is -1.81. The Morgan fingerprint density at radius 3 is 2.78 bits per heavy atom. The van der Waals surface area contributed by atoms with E-state index in [4.69, 9.17) is 10.5 Å². The largest absolute Gasteiger partial charge is 0.454 e. The molecule has 2 rings (SSSR count). The Bertz CT molecular complexity index is 507. The van der Waals surface area contributed by atoms with E-state index in [9.17, 15) is 0 Å². The van der Waals surface area contributed by atoms with Crippen molar-refractivity contribution in [3.05, 3.63) is 42.2 Å². The van der Waals surface area contributed by atoms with E-state index in [1.807, 2.05) is 42.1 Å². The average Bonchev–Trinajstić information content (AvgIpc) is 2.86. The summed E-state index contributed by atoms with van der Waals surface area (Å²) in [6.07, 6.45) is 4.49. The van der Waals surface area contributed by atoms with Crippen LogP contribution in [0.1, 0.15) is 31.9 Å². The number of aryl methyl sites for hydroxylation is 1. The van der Waals surface area contributed by atoms with Crippen molar-refractivity contribution in [2.45, 2.75) is 32.9 Å². The van der Waals surface area contributed by atoms with Gasteiger partial charge in [-0.15, -0.1) is 0 Å². The topological polar surface area (TPSA) is 53.1 Å². The van der Waals surface area contributed by atoms with E-state index >= 15 is 0 Å². The SMILES string of the molecule is CC[C@H](N)c1ccccc1Oc1cnn(CC)c1. The van der Waals surface area contributed by atoms with E-state index in [1.165, 1.54) is 0 Å². The van der Waals surface area contributed by atoms with Crippen LogP contribution in [0.2, 0.25) is 0 Å². The first-order chi connectivity index (χ1) is 8.74. The summed E-state index contributed by atoms with van der Waals surface area (Å²) in [5.74, 6) is 1.55. The fraction of sp³-hybridized carbons (Fsp3) is 0.357. The highest BCUT2D eigenvalue weighted by atomic mass is 16.5. The molecule has 1 aromatic carbocycles. The third kappa shape index (κ3) is 2.71. The monoisotopic (exact) mass is 245 g/mol. The summed E-state index contributed by atoms with van der Waals surface area (Å²) in [5, 5.41) is 4.19. The first kappa shape index (κ1) is 12.6. The van der Waals surface area contributed by atoms with Gasteiger partial charge in [-0.2, -0.15) is 5.10 Å². The van der Waals surface area contributed by atoms with E-state index in [0.717, 1.165) is 30.0 Å². The lowest BCUT2D eigenvalue weighted by Gasteiger charge is -2.14. The van der Waals surface area contributed by atoms with Gasteiger partial charge in [0.1, 0.15) is 5.75 Å². The number of rotatable bonds is 5. The molecule has 2 aromatic rings. The highest BCUT2D eigenvalue weighted by Crippen LogP contribution is 2.29. The highest BCUT2D eigenvalue weighted by Gasteiger charge is 2.11. The van der Waals surface area contributed by atoms with Gasteiger partial charge in [0.05, 0.1) is 12.4 Å². The predicted octanol–water partition coefficient (Wildman–Crippen LogP) is 3.11. The number of aromatic nitrogens is 2. The molecule has 0 unspecified atom stereocenters. The molecule has 18 heavy (non-hydrogen) atoms. The van der Waals surface area contributed by atoms with Gasteiger partial charge < -0.3 is 10.5 Å². The normalized spacial score (nSPS) is 12.4. The lowest BCUT2D eigenvalue weighted by molar-refractivity contribution is 0.467. The number of benzene rings is 1. The molecule has 0 spiro atoms. The zero-order chi connectivity index (χ0) is 13.0. The zero-order valence-corrected chi connectivity index (χ0v) is 10.8. The first-order valence-electron chi connectivity index (χ1n) is 6.29. The van der Waals surface area contributed by atoms with Crippen LogP contribution in [0, 0.1) is 0 Å². The summed E-state index contributed by atoms with van der Waals surface area (Å²) in [7, 11) is 0. The average molecular weight is 245 g/mol. The molecular formula is C14H19N3O. The minimum absolute atomic E-state index is 0.00224. The van der Waals surface area contributed by atoms with Crippen molar-refractivity contribution >= 4 is 0 Å². The van der Waals surface area contributed by atoms with Gasteiger partial charge in [0.2, 0.25) is 0 Å². The van der Waals surface area contributed by atoms with Crippen LogP contribution < -0.4 is 10.5 Å². The van der Waals surface area contributed by atoms with Gasteiger partial charge in [0.25, 0.3) is 0 Å². The summed E-state index contributed by atoms with van der Waals surface area (Å²) >= 11 is 0. The fourth-order valence-electron chi connectivity index (χ4n) is 1.80. The second-order valence-corrected chi connectivity index (χ2v) is 4.19. The number of hydrogen-bond acceptors (Lipinski definition) is 3. The fourth-order valence-corrected chi connectivity index (χ4v) is 1.80. The molecule has 0 bridgehead atoms. The van der Waals surface area contributed by atoms with Crippen LogP contribution in [0.15, 0.2) is 36.7 Å². The third-order valence-corrected chi connectivity index (χ3v) is 2.92. The lowest BCUT2D eigenvalue weighted by atomic mass is 10.0. The Labute approximate surface area is 107 Å². The number of hydrogen-bond donors (Lipinski definition) is 1. The summed E-state index contributed by atoms with van der Waals surface area (Å²) in [4.78, 5) is 0. The maximum absolute atomic E-state index is 6.08. The van der Waals surface area contributed by atoms with Crippen molar-refractivity contribution in [2.75, 3.05) is 0 Å². The van der Waals surface area contributed by atoms with Crippen LogP contribution in [0.25, 0.3) is 0 Å². The van der Waals surface area contributed by atoms with Gasteiger partial charge >= 0.3 is 0 Å². The van der Waals surface area contributed by atoms with Crippen LogP contribution >= 0.6 is 0 Å². The van der Waals surface area contributed by atoms with E-state index in [0.29, 0.717) is 0 Å². The molecule has 1 atom stereocenters. The molecule has 1 heterocycles. The summed E-state index contributed by atoms with van der Waals surface area (Å²) in [6, 6.07) is 7.88. The van der Waals surface area contributed by atoms with Crippen molar-refractivity contribution < 1.29 is 4.74 Å². The molecule has 0 saturated carbocycles. The molecular weight excluding hydrogens is 226 g/mol.